The first-order valence-corrected chi connectivity index (χ1v) is 10.3. The molecular weight excluding hydrogens is 370 g/mol. The summed E-state index contributed by atoms with van der Waals surface area (Å²) in [5.41, 5.74) is 2.59. The van der Waals surface area contributed by atoms with Gasteiger partial charge in [-0.25, -0.2) is 4.79 Å². The van der Waals surface area contributed by atoms with E-state index in [1.165, 1.54) is 11.3 Å². The van der Waals surface area contributed by atoms with Crippen molar-refractivity contribution >= 4 is 28.8 Å². The first-order valence-electron chi connectivity index (χ1n) is 9.44. The van der Waals surface area contributed by atoms with Crippen molar-refractivity contribution in [1.82, 2.24) is 15.1 Å². The van der Waals surface area contributed by atoms with E-state index >= 15 is 0 Å². The minimum Gasteiger partial charge on any atom is -0.334 e. The maximum Gasteiger partial charge on any atom is 0.318 e. The second kappa shape index (κ2) is 8.19. The van der Waals surface area contributed by atoms with E-state index in [4.69, 9.17) is 0 Å². The third kappa shape index (κ3) is 4.44. The van der Waals surface area contributed by atoms with Crippen LogP contribution in [0.1, 0.15) is 41.6 Å². The Morgan fingerprint density at radius 3 is 2.36 bits per heavy atom. The molecule has 1 aliphatic rings. The Morgan fingerprint density at radius 2 is 1.75 bits per heavy atom. The molecule has 0 saturated carbocycles. The second-order valence-electron chi connectivity index (χ2n) is 7.67. The molecule has 6 heteroatoms. The monoisotopic (exact) mass is 397 g/mol. The minimum atomic E-state index is -0.507. The number of urea groups is 1. The normalized spacial score (nSPS) is 14.7. The van der Waals surface area contributed by atoms with Gasteiger partial charge in [0.05, 0.1) is 10.4 Å². The van der Waals surface area contributed by atoms with Crippen molar-refractivity contribution in [2.75, 3.05) is 26.2 Å². The lowest BCUT2D eigenvalue weighted by molar-refractivity contribution is 0.0665. The molecule has 3 amide bonds. The van der Waals surface area contributed by atoms with Crippen molar-refractivity contribution in [3.63, 3.8) is 0 Å². The number of rotatable bonds is 4. The van der Waals surface area contributed by atoms with Gasteiger partial charge in [0.15, 0.2) is 0 Å². The van der Waals surface area contributed by atoms with Crippen molar-refractivity contribution in [2.45, 2.75) is 26.3 Å². The highest BCUT2D eigenvalue weighted by Gasteiger charge is 2.29. The molecule has 0 radical (unpaired) electrons. The van der Waals surface area contributed by atoms with E-state index < -0.39 is 5.54 Å². The molecule has 0 bridgehead atoms. The highest BCUT2D eigenvalue weighted by atomic mass is 32.1. The molecule has 3 rings (SSSR count). The van der Waals surface area contributed by atoms with Crippen molar-refractivity contribution in [1.29, 1.82) is 0 Å². The lowest BCUT2D eigenvalue weighted by Gasteiger charge is -2.37. The molecule has 2 aromatic rings. The van der Waals surface area contributed by atoms with Crippen LogP contribution in [0.2, 0.25) is 0 Å². The number of nitrogens with one attached hydrogen (secondary N) is 1. The Balaban J connectivity index is 1.60. The molecule has 5 nitrogen and oxygen atoms in total. The number of carbonyl (C=O) groups excluding carboxylic acids is 2. The Kier molecular flexibility index (Phi) is 5.89. The van der Waals surface area contributed by atoms with Crippen molar-refractivity contribution in [3.8, 4) is 0 Å². The Bertz CT molecular complexity index is 866. The number of carbonyl (C=O) groups is 2. The van der Waals surface area contributed by atoms with Crippen LogP contribution in [0.3, 0.4) is 0 Å². The van der Waals surface area contributed by atoms with Crippen LogP contribution in [0.15, 0.2) is 48.4 Å². The van der Waals surface area contributed by atoms with Crippen LogP contribution in [0, 0.1) is 0 Å². The molecule has 0 spiro atoms. The first kappa shape index (κ1) is 20.1. The quantitative estimate of drug-likeness (QED) is 0.841. The molecule has 0 aliphatic carbocycles. The summed E-state index contributed by atoms with van der Waals surface area (Å²) in [6.07, 6.45) is 0. The first-order chi connectivity index (χ1) is 13.3. The van der Waals surface area contributed by atoms with E-state index in [-0.39, 0.29) is 11.9 Å². The molecule has 1 saturated heterocycles. The predicted molar refractivity (Wildman–Crippen MR) is 115 cm³/mol. The van der Waals surface area contributed by atoms with E-state index in [0.717, 1.165) is 21.6 Å². The average Bonchev–Trinajstić information content (AvgIpc) is 3.22. The summed E-state index contributed by atoms with van der Waals surface area (Å²) < 4.78 is 0. The van der Waals surface area contributed by atoms with Crippen molar-refractivity contribution in [2.24, 2.45) is 0 Å². The molecular formula is C22H27N3O2S. The highest BCUT2D eigenvalue weighted by Crippen LogP contribution is 2.24. The number of allylic oxidation sites excluding steroid dienone is 1. The van der Waals surface area contributed by atoms with E-state index in [2.05, 4.69) is 18.0 Å². The third-order valence-electron chi connectivity index (χ3n) is 5.08. The summed E-state index contributed by atoms with van der Waals surface area (Å²) in [6.45, 7) is 12.1. The lowest BCUT2D eigenvalue weighted by Crippen LogP contribution is -2.55. The van der Waals surface area contributed by atoms with Gasteiger partial charge in [-0.3, -0.25) is 4.79 Å². The van der Waals surface area contributed by atoms with Gasteiger partial charge in [-0.2, -0.15) is 0 Å². The van der Waals surface area contributed by atoms with E-state index in [9.17, 15) is 9.59 Å². The van der Waals surface area contributed by atoms with Gasteiger partial charge in [0.2, 0.25) is 0 Å². The molecule has 1 aliphatic heterocycles. The SMILES string of the molecule is C=C(C)c1cccc(C(C)(C)NC(=O)N2CCN(C(=O)c3cccs3)CC2)c1. The lowest BCUT2D eigenvalue weighted by atomic mass is 9.92. The van der Waals surface area contributed by atoms with Crippen LogP contribution in [-0.2, 0) is 5.54 Å². The molecule has 28 heavy (non-hydrogen) atoms. The van der Waals surface area contributed by atoms with Crippen LogP contribution in [0.25, 0.3) is 5.57 Å². The van der Waals surface area contributed by atoms with E-state index in [0.29, 0.717) is 26.2 Å². The summed E-state index contributed by atoms with van der Waals surface area (Å²) in [5.74, 6) is 0.0481. The number of amides is 3. The van der Waals surface area contributed by atoms with E-state index in [1.807, 2.05) is 61.4 Å². The number of thiophene rings is 1. The maximum absolute atomic E-state index is 12.8. The van der Waals surface area contributed by atoms with Crippen LogP contribution in [-0.4, -0.2) is 47.9 Å². The fourth-order valence-electron chi connectivity index (χ4n) is 3.26. The molecule has 148 valence electrons. The van der Waals surface area contributed by atoms with Crippen LogP contribution in [0.5, 0.6) is 0 Å². The zero-order valence-electron chi connectivity index (χ0n) is 16.7. The molecule has 0 unspecified atom stereocenters. The molecule has 2 heterocycles. The summed E-state index contributed by atoms with van der Waals surface area (Å²) in [5, 5.41) is 5.04. The second-order valence-corrected chi connectivity index (χ2v) is 8.62. The van der Waals surface area contributed by atoms with Crippen LogP contribution in [0.4, 0.5) is 4.79 Å². The highest BCUT2D eigenvalue weighted by molar-refractivity contribution is 7.12. The standard InChI is InChI=1S/C22H27N3O2S/c1-16(2)17-7-5-8-18(15-17)22(3,4)23-21(27)25-12-10-24(11-13-25)20(26)19-9-6-14-28-19/h5-9,14-15H,1,10-13H2,2-4H3,(H,23,27). The Labute approximate surface area is 170 Å². The van der Waals surface area contributed by atoms with Gasteiger partial charge in [-0.05, 0) is 49.4 Å². The van der Waals surface area contributed by atoms with Gasteiger partial charge < -0.3 is 15.1 Å². The van der Waals surface area contributed by atoms with Crippen LogP contribution >= 0.6 is 11.3 Å². The summed E-state index contributed by atoms with van der Waals surface area (Å²) in [6, 6.07) is 11.7. The molecule has 0 atom stereocenters. The number of hydrogen-bond acceptors (Lipinski definition) is 3. The van der Waals surface area contributed by atoms with E-state index in [1.54, 1.807) is 4.90 Å². The minimum absolute atomic E-state index is 0.0481. The van der Waals surface area contributed by atoms with Gasteiger partial charge >= 0.3 is 6.03 Å². The molecule has 1 aromatic heterocycles. The van der Waals surface area contributed by atoms with Gasteiger partial charge in [-0.15, -0.1) is 11.3 Å². The largest absolute Gasteiger partial charge is 0.334 e. The summed E-state index contributed by atoms with van der Waals surface area (Å²) >= 11 is 1.45. The zero-order valence-corrected chi connectivity index (χ0v) is 17.5. The predicted octanol–water partition coefficient (Wildman–Crippen LogP) is 4.18. The maximum atomic E-state index is 12.8. The topological polar surface area (TPSA) is 52.7 Å². The smallest absolute Gasteiger partial charge is 0.318 e. The van der Waals surface area contributed by atoms with Gasteiger partial charge in [0.25, 0.3) is 5.91 Å². The van der Waals surface area contributed by atoms with Crippen molar-refractivity contribution in [3.05, 3.63) is 64.4 Å². The third-order valence-corrected chi connectivity index (χ3v) is 5.94. The number of benzene rings is 1. The zero-order chi connectivity index (χ0) is 20.3. The number of piperazine rings is 1. The summed E-state index contributed by atoms with van der Waals surface area (Å²) in [4.78, 5) is 29.6. The molecule has 1 aromatic carbocycles. The van der Waals surface area contributed by atoms with Gasteiger partial charge in [0, 0.05) is 26.2 Å². The van der Waals surface area contributed by atoms with Crippen molar-refractivity contribution < 1.29 is 9.59 Å². The van der Waals surface area contributed by atoms with Gasteiger partial charge in [-0.1, -0.05) is 36.4 Å². The molecule has 1 N–H and O–H groups in total. The average molecular weight is 398 g/mol. The van der Waals surface area contributed by atoms with Gasteiger partial charge in [0.1, 0.15) is 0 Å². The fraction of sp³-hybridized carbons (Fsp3) is 0.364. The summed E-state index contributed by atoms with van der Waals surface area (Å²) in [7, 11) is 0. The Morgan fingerprint density at radius 1 is 1.07 bits per heavy atom. The fourth-order valence-corrected chi connectivity index (χ4v) is 3.95. The molecule has 1 fully saturated rings. The number of hydrogen-bond donors (Lipinski definition) is 1. The Hall–Kier alpha value is -2.60. The van der Waals surface area contributed by atoms with Crippen LogP contribution < -0.4 is 5.32 Å². The number of nitrogens with zero attached hydrogens (tertiary/aromatic N) is 2.